The number of halogens is 1. The van der Waals surface area contributed by atoms with Crippen LogP contribution in [-0.2, 0) is 19.0 Å². The van der Waals surface area contributed by atoms with Crippen LogP contribution >= 0.6 is 11.6 Å². The zero-order valence-corrected chi connectivity index (χ0v) is 24.2. The molecule has 0 unspecified atom stereocenters. The third kappa shape index (κ3) is 5.22. The number of pyridine rings is 1. The normalized spacial score (nSPS) is 21.5. The third-order valence-corrected chi connectivity index (χ3v) is 9.34. The van der Waals surface area contributed by atoms with Crippen LogP contribution in [0.3, 0.4) is 0 Å². The second-order valence-corrected chi connectivity index (χ2v) is 12.2. The van der Waals surface area contributed by atoms with Gasteiger partial charge in [-0.25, -0.2) is 4.98 Å². The van der Waals surface area contributed by atoms with E-state index in [9.17, 15) is 10.1 Å². The monoisotopic (exact) mass is 570 g/mol. The van der Waals surface area contributed by atoms with Crippen molar-refractivity contribution in [1.82, 2.24) is 29.5 Å². The summed E-state index contributed by atoms with van der Waals surface area (Å²) in [4.78, 5) is 18.1. The molecule has 2 aliphatic rings. The number of amides is 1. The van der Waals surface area contributed by atoms with Gasteiger partial charge in [0.2, 0.25) is 0 Å². The van der Waals surface area contributed by atoms with Gasteiger partial charge in [0, 0.05) is 37.9 Å². The average molecular weight is 571 g/mol. The maximum atomic E-state index is 13.7. The van der Waals surface area contributed by atoms with Crippen LogP contribution in [0.25, 0.3) is 5.65 Å². The summed E-state index contributed by atoms with van der Waals surface area (Å²) in [6.07, 6.45) is 12.5. The molecule has 2 N–H and O–H groups in total. The first-order chi connectivity index (χ1) is 19.9. The molecule has 1 atom stereocenters. The number of hydrogen-bond donors (Lipinski definition) is 2. The summed E-state index contributed by atoms with van der Waals surface area (Å²) in [6, 6.07) is 12.5. The SMILES string of the molecule is C[C@H](NCc1cc(C(=O)Nc2cccc(C3(c4nncn4C)CC(CC#N)C3)c2)c2ncc(Cl)n2c1)C1CCCC1. The van der Waals surface area contributed by atoms with Gasteiger partial charge in [0.15, 0.2) is 5.65 Å². The molecular formula is C31H35ClN8O. The van der Waals surface area contributed by atoms with Gasteiger partial charge in [-0.3, -0.25) is 9.20 Å². The maximum Gasteiger partial charge on any atom is 0.259 e. The lowest BCUT2D eigenvalue weighted by Gasteiger charge is -2.46. The van der Waals surface area contributed by atoms with Gasteiger partial charge in [-0.1, -0.05) is 36.6 Å². The predicted molar refractivity (Wildman–Crippen MR) is 158 cm³/mol. The fourth-order valence-corrected chi connectivity index (χ4v) is 7.02. The molecular weight excluding hydrogens is 536 g/mol. The van der Waals surface area contributed by atoms with E-state index < -0.39 is 0 Å². The van der Waals surface area contributed by atoms with E-state index in [2.05, 4.69) is 44.9 Å². The second kappa shape index (κ2) is 11.3. The van der Waals surface area contributed by atoms with Gasteiger partial charge in [0.05, 0.1) is 23.2 Å². The molecule has 41 heavy (non-hydrogen) atoms. The van der Waals surface area contributed by atoms with Crippen LogP contribution in [0.5, 0.6) is 0 Å². The summed E-state index contributed by atoms with van der Waals surface area (Å²) >= 11 is 6.45. The number of carbonyl (C=O) groups is 1. The molecule has 10 heteroatoms. The Bertz CT molecular complexity index is 1610. The third-order valence-electron chi connectivity index (χ3n) is 9.06. The van der Waals surface area contributed by atoms with E-state index in [1.54, 1.807) is 16.9 Å². The van der Waals surface area contributed by atoms with Crippen molar-refractivity contribution in [3.63, 3.8) is 0 Å². The number of nitriles is 1. The Hall–Kier alpha value is -3.74. The van der Waals surface area contributed by atoms with Crippen LogP contribution in [0.4, 0.5) is 5.69 Å². The molecule has 0 spiro atoms. The number of hydrogen-bond acceptors (Lipinski definition) is 6. The minimum atomic E-state index is -0.348. The highest BCUT2D eigenvalue weighted by Gasteiger charge is 2.49. The van der Waals surface area contributed by atoms with Crippen molar-refractivity contribution >= 4 is 28.8 Å². The molecule has 4 aromatic rings. The minimum Gasteiger partial charge on any atom is -0.322 e. The first-order valence-electron chi connectivity index (χ1n) is 14.4. The van der Waals surface area contributed by atoms with E-state index in [-0.39, 0.29) is 11.3 Å². The molecule has 2 saturated carbocycles. The zero-order chi connectivity index (χ0) is 28.6. The van der Waals surface area contributed by atoms with Gasteiger partial charge in [-0.15, -0.1) is 10.2 Å². The number of anilines is 1. The Morgan fingerprint density at radius 1 is 1.27 bits per heavy atom. The summed E-state index contributed by atoms with van der Waals surface area (Å²) in [5.41, 5.74) is 3.35. The largest absolute Gasteiger partial charge is 0.322 e. The smallest absolute Gasteiger partial charge is 0.259 e. The van der Waals surface area contributed by atoms with E-state index in [4.69, 9.17) is 11.6 Å². The van der Waals surface area contributed by atoms with Crippen molar-refractivity contribution in [3.05, 3.63) is 76.7 Å². The van der Waals surface area contributed by atoms with Gasteiger partial charge in [-0.2, -0.15) is 5.26 Å². The number of nitrogens with zero attached hydrogens (tertiary/aromatic N) is 6. The Morgan fingerprint density at radius 3 is 2.80 bits per heavy atom. The van der Waals surface area contributed by atoms with Crippen molar-refractivity contribution in [2.45, 2.75) is 69.9 Å². The quantitative estimate of drug-likeness (QED) is 0.269. The molecule has 1 amide bonds. The fraction of sp³-hybridized carbons (Fsp3) is 0.452. The standard InChI is InChI=1S/C31H35ClN8O/c1-20(23-6-3-4-7-23)34-16-22-12-26(28-35-17-27(32)40(28)18-22)29(41)37-25-9-5-8-24(13-25)31(14-21(15-31)10-11-33)30-38-36-19-39(30)2/h5,8-9,12-13,17-21,23,34H,3-4,6-7,10,14-16H2,1-2H3,(H,37,41)/t20-,21?,31?/m0/s1. The lowest BCUT2D eigenvalue weighted by molar-refractivity contribution is 0.102. The summed E-state index contributed by atoms with van der Waals surface area (Å²) in [6.45, 7) is 2.89. The van der Waals surface area contributed by atoms with Crippen molar-refractivity contribution in [1.29, 1.82) is 5.26 Å². The van der Waals surface area contributed by atoms with E-state index in [1.165, 1.54) is 25.7 Å². The van der Waals surface area contributed by atoms with E-state index >= 15 is 0 Å². The van der Waals surface area contributed by atoms with Crippen LogP contribution < -0.4 is 10.6 Å². The first-order valence-corrected chi connectivity index (χ1v) is 14.8. The number of carbonyl (C=O) groups excluding carboxylic acids is 1. The second-order valence-electron chi connectivity index (χ2n) is 11.8. The van der Waals surface area contributed by atoms with Crippen LogP contribution in [0.15, 0.2) is 49.1 Å². The molecule has 3 heterocycles. The lowest BCUT2D eigenvalue weighted by Crippen LogP contribution is -2.44. The van der Waals surface area contributed by atoms with E-state index in [0.29, 0.717) is 52.9 Å². The molecule has 0 saturated heterocycles. The number of aromatic nitrogens is 5. The zero-order valence-electron chi connectivity index (χ0n) is 23.5. The van der Waals surface area contributed by atoms with Crippen LogP contribution in [-0.4, -0.2) is 36.1 Å². The van der Waals surface area contributed by atoms with Gasteiger partial charge in [0.25, 0.3) is 5.91 Å². The van der Waals surface area contributed by atoms with Crippen LogP contribution in [0.2, 0.25) is 5.15 Å². The fourth-order valence-electron chi connectivity index (χ4n) is 6.84. The molecule has 9 nitrogen and oxygen atoms in total. The van der Waals surface area contributed by atoms with Crippen molar-refractivity contribution in [2.75, 3.05) is 5.32 Å². The highest BCUT2D eigenvalue weighted by molar-refractivity contribution is 6.30. The minimum absolute atomic E-state index is 0.246. The number of nitrogens with one attached hydrogen (secondary N) is 2. The van der Waals surface area contributed by atoms with Crippen molar-refractivity contribution in [3.8, 4) is 6.07 Å². The topological polar surface area (TPSA) is 113 Å². The Balaban J connectivity index is 1.26. The average Bonchev–Trinajstić information content (AvgIpc) is 3.71. The summed E-state index contributed by atoms with van der Waals surface area (Å²) < 4.78 is 3.72. The van der Waals surface area contributed by atoms with Crippen LogP contribution in [0.1, 0.15) is 79.2 Å². The molecule has 0 bridgehead atoms. The van der Waals surface area contributed by atoms with Gasteiger partial charge in [0.1, 0.15) is 17.3 Å². The highest BCUT2D eigenvalue weighted by atomic mass is 35.5. The maximum absolute atomic E-state index is 13.7. The summed E-state index contributed by atoms with van der Waals surface area (Å²) in [7, 11) is 1.94. The summed E-state index contributed by atoms with van der Waals surface area (Å²) in [5, 5.41) is 25.0. The van der Waals surface area contributed by atoms with Crippen LogP contribution in [0, 0.1) is 23.2 Å². The number of benzene rings is 1. The lowest BCUT2D eigenvalue weighted by atomic mass is 9.57. The molecule has 2 fully saturated rings. The molecule has 0 radical (unpaired) electrons. The van der Waals surface area contributed by atoms with Crippen molar-refractivity contribution in [2.24, 2.45) is 18.9 Å². The molecule has 6 rings (SSSR count). The predicted octanol–water partition coefficient (Wildman–Crippen LogP) is 5.65. The van der Waals surface area contributed by atoms with E-state index in [1.807, 2.05) is 42.1 Å². The highest BCUT2D eigenvalue weighted by Crippen LogP contribution is 2.53. The van der Waals surface area contributed by atoms with Gasteiger partial charge >= 0.3 is 0 Å². The number of fused-ring (bicyclic) bond motifs is 1. The summed E-state index contributed by atoms with van der Waals surface area (Å²) in [5.74, 6) is 1.63. The number of imidazole rings is 1. The first kappa shape index (κ1) is 27.4. The Labute approximate surface area is 244 Å². The molecule has 3 aromatic heterocycles. The van der Waals surface area contributed by atoms with Crippen molar-refractivity contribution < 1.29 is 4.79 Å². The molecule has 1 aromatic carbocycles. The molecule has 2 aliphatic carbocycles. The van der Waals surface area contributed by atoms with Gasteiger partial charge < -0.3 is 15.2 Å². The van der Waals surface area contributed by atoms with E-state index in [0.717, 1.165) is 29.8 Å². The Kier molecular flexibility index (Phi) is 7.54. The Morgan fingerprint density at radius 2 is 2.07 bits per heavy atom. The molecule has 0 aliphatic heterocycles. The number of rotatable bonds is 9. The van der Waals surface area contributed by atoms with Gasteiger partial charge in [-0.05, 0) is 73.8 Å². The number of aryl methyl sites for hydroxylation is 1. The molecule has 212 valence electrons.